The van der Waals surface area contributed by atoms with Crippen LogP contribution in [0.3, 0.4) is 0 Å². The van der Waals surface area contributed by atoms with Gasteiger partial charge in [0.1, 0.15) is 0 Å². The molecule has 0 aliphatic carbocycles. The zero-order valence-corrected chi connectivity index (χ0v) is 8.91. The van der Waals surface area contributed by atoms with Crippen molar-refractivity contribution in [2.24, 2.45) is 0 Å². The maximum absolute atomic E-state index is 9.44. The Balaban J connectivity index is 3.03. The van der Waals surface area contributed by atoms with Crippen LogP contribution in [0.5, 0.6) is 0 Å². The van der Waals surface area contributed by atoms with Gasteiger partial charge < -0.3 is 5.11 Å². The molecule has 2 unspecified atom stereocenters. The highest BCUT2D eigenvalue weighted by Crippen LogP contribution is 2.26. The monoisotopic (exact) mass is 202 g/mol. The molecular formula is C9H15ClN2O. The fourth-order valence-corrected chi connectivity index (χ4v) is 1.62. The van der Waals surface area contributed by atoms with Crippen LogP contribution in [0.15, 0.2) is 6.20 Å². The quantitative estimate of drug-likeness (QED) is 0.815. The molecule has 0 bridgehead atoms. The molecule has 0 radical (unpaired) electrons. The van der Waals surface area contributed by atoms with Crippen molar-refractivity contribution in [2.75, 3.05) is 0 Å². The standard InChI is InChI=1S/C9H15ClN2O/c1-4-12-9(6(2)7(3)13)8(10)5-11-12/h5-7,13H,4H2,1-3H3. The van der Waals surface area contributed by atoms with Gasteiger partial charge in [0.15, 0.2) is 0 Å². The summed E-state index contributed by atoms with van der Waals surface area (Å²) in [6.07, 6.45) is 1.22. The molecule has 1 aromatic heterocycles. The number of aliphatic hydroxyl groups is 1. The maximum Gasteiger partial charge on any atom is 0.0821 e. The number of hydrogen-bond donors (Lipinski definition) is 1. The Morgan fingerprint density at radius 3 is 2.69 bits per heavy atom. The summed E-state index contributed by atoms with van der Waals surface area (Å²) in [5.74, 6) is 0.0231. The highest BCUT2D eigenvalue weighted by Gasteiger charge is 2.19. The van der Waals surface area contributed by atoms with Gasteiger partial charge in [0.25, 0.3) is 0 Å². The lowest BCUT2D eigenvalue weighted by Gasteiger charge is -2.16. The third-order valence-corrected chi connectivity index (χ3v) is 2.58. The first-order valence-corrected chi connectivity index (χ1v) is 4.85. The number of rotatable bonds is 3. The van der Waals surface area contributed by atoms with Gasteiger partial charge in [-0.2, -0.15) is 5.10 Å². The highest BCUT2D eigenvalue weighted by atomic mass is 35.5. The van der Waals surface area contributed by atoms with Crippen molar-refractivity contribution in [2.45, 2.75) is 39.3 Å². The van der Waals surface area contributed by atoms with Crippen molar-refractivity contribution in [1.29, 1.82) is 0 Å². The van der Waals surface area contributed by atoms with Gasteiger partial charge in [0, 0.05) is 12.5 Å². The molecule has 0 spiro atoms. The van der Waals surface area contributed by atoms with Gasteiger partial charge in [-0.25, -0.2) is 0 Å². The minimum Gasteiger partial charge on any atom is -0.393 e. The van der Waals surface area contributed by atoms with Gasteiger partial charge >= 0.3 is 0 Å². The predicted molar refractivity (Wildman–Crippen MR) is 53.0 cm³/mol. The third-order valence-electron chi connectivity index (χ3n) is 2.29. The van der Waals surface area contributed by atoms with E-state index in [1.54, 1.807) is 13.1 Å². The Morgan fingerprint density at radius 1 is 1.62 bits per heavy atom. The van der Waals surface area contributed by atoms with E-state index < -0.39 is 6.10 Å². The van der Waals surface area contributed by atoms with Crippen LogP contribution >= 0.6 is 11.6 Å². The van der Waals surface area contributed by atoms with Crippen LogP contribution in [0.1, 0.15) is 32.4 Å². The van der Waals surface area contributed by atoms with E-state index in [9.17, 15) is 5.11 Å². The van der Waals surface area contributed by atoms with Crippen LogP contribution < -0.4 is 0 Å². The van der Waals surface area contributed by atoms with E-state index >= 15 is 0 Å². The number of halogens is 1. The van der Waals surface area contributed by atoms with E-state index in [4.69, 9.17) is 11.6 Å². The van der Waals surface area contributed by atoms with Gasteiger partial charge in [-0.15, -0.1) is 0 Å². The van der Waals surface area contributed by atoms with E-state index in [0.29, 0.717) is 5.02 Å². The van der Waals surface area contributed by atoms with Crippen molar-refractivity contribution < 1.29 is 5.11 Å². The Bertz CT molecular complexity index is 283. The third kappa shape index (κ3) is 2.03. The lowest BCUT2D eigenvalue weighted by Crippen LogP contribution is -2.16. The molecule has 0 amide bonds. The summed E-state index contributed by atoms with van der Waals surface area (Å²) in [5.41, 5.74) is 0.916. The van der Waals surface area contributed by atoms with E-state index in [0.717, 1.165) is 12.2 Å². The predicted octanol–water partition coefficient (Wildman–Crippen LogP) is 2.04. The molecule has 2 atom stereocenters. The average Bonchev–Trinajstić information content (AvgIpc) is 2.45. The first-order chi connectivity index (χ1) is 6.07. The van der Waals surface area contributed by atoms with Crippen molar-refractivity contribution in [1.82, 2.24) is 9.78 Å². The first-order valence-electron chi connectivity index (χ1n) is 4.47. The lowest BCUT2D eigenvalue weighted by molar-refractivity contribution is 0.165. The summed E-state index contributed by atoms with van der Waals surface area (Å²) in [4.78, 5) is 0. The molecule has 0 aliphatic rings. The summed E-state index contributed by atoms with van der Waals surface area (Å²) in [6.45, 7) is 6.48. The van der Waals surface area contributed by atoms with Gasteiger partial charge in [0.05, 0.1) is 23.0 Å². The summed E-state index contributed by atoms with van der Waals surface area (Å²) in [6, 6.07) is 0. The van der Waals surface area contributed by atoms with Gasteiger partial charge in [-0.3, -0.25) is 4.68 Å². The summed E-state index contributed by atoms with van der Waals surface area (Å²) in [5, 5.41) is 14.2. The summed E-state index contributed by atoms with van der Waals surface area (Å²) in [7, 11) is 0. The Morgan fingerprint density at radius 2 is 2.23 bits per heavy atom. The minimum atomic E-state index is -0.403. The molecule has 0 aromatic carbocycles. The van der Waals surface area contributed by atoms with E-state index in [1.165, 1.54) is 0 Å². The van der Waals surface area contributed by atoms with E-state index in [-0.39, 0.29) is 5.92 Å². The van der Waals surface area contributed by atoms with Crippen molar-refractivity contribution in [3.05, 3.63) is 16.9 Å². The molecule has 1 N–H and O–H groups in total. The fourth-order valence-electron chi connectivity index (χ4n) is 1.31. The van der Waals surface area contributed by atoms with Crippen LogP contribution in [-0.4, -0.2) is 21.0 Å². The molecule has 3 nitrogen and oxygen atoms in total. The topological polar surface area (TPSA) is 38.0 Å². The molecular weight excluding hydrogens is 188 g/mol. The minimum absolute atomic E-state index is 0.0231. The Labute approximate surface area is 83.3 Å². The molecule has 4 heteroatoms. The zero-order valence-electron chi connectivity index (χ0n) is 8.16. The number of nitrogens with zero attached hydrogens (tertiary/aromatic N) is 2. The van der Waals surface area contributed by atoms with Gasteiger partial charge in [-0.05, 0) is 13.8 Å². The molecule has 1 rings (SSSR count). The number of aryl methyl sites for hydroxylation is 1. The van der Waals surface area contributed by atoms with Crippen LogP contribution in [0.4, 0.5) is 0 Å². The van der Waals surface area contributed by atoms with Crippen molar-refractivity contribution in [3.63, 3.8) is 0 Å². The largest absolute Gasteiger partial charge is 0.393 e. The number of aliphatic hydroxyl groups excluding tert-OH is 1. The Hall–Kier alpha value is -0.540. The van der Waals surface area contributed by atoms with E-state index in [1.807, 2.05) is 18.5 Å². The SMILES string of the molecule is CCn1ncc(Cl)c1C(C)C(C)O. The molecule has 74 valence electrons. The van der Waals surface area contributed by atoms with Gasteiger partial charge in [0.2, 0.25) is 0 Å². The molecule has 0 aliphatic heterocycles. The molecule has 0 saturated carbocycles. The second-order valence-corrected chi connectivity index (χ2v) is 3.63. The van der Waals surface area contributed by atoms with Crippen LogP contribution in [0, 0.1) is 0 Å². The summed E-state index contributed by atoms with van der Waals surface area (Å²) < 4.78 is 1.82. The second-order valence-electron chi connectivity index (χ2n) is 3.22. The zero-order chi connectivity index (χ0) is 10.0. The average molecular weight is 203 g/mol. The molecule has 0 fully saturated rings. The maximum atomic E-state index is 9.44. The molecule has 1 aromatic rings. The molecule has 13 heavy (non-hydrogen) atoms. The second kappa shape index (κ2) is 4.11. The van der Waals surface area contributed by atoms with Crippen LogP contribution in [0.25, 0.3) is 0 Å². The van der Waals surface area contributed by atoms with Crippen LogP contribution in [0.2, 0.25) is 5.02 Å². The fraction of sp³-hybridized carbons (Fsp3) is 0.667. The van der Waals surface area contributed by atoms with E-state index in [2.05, 4.69) is 5.10 Å². The molecule has 1 heterocycles. The van der Waals surface area contributed by atoms with Gasteiger partial charge in [-0.1, -0.05) is 18.5 Å². The smallest absolute Gasteiger partial charge is 0.0821 e. The summed E-state index contributed by atoms with van der Waals surface area (Å²) >= 11 is 5.97. The first kappa shape index (κ1) is 10.5. The van der Waals surface area contributed by atoms with Crippen molar-refractivity contribution in [3.8, 4) is 0 Å². The number of aromatic nitrogens is 2. The highest BCUT2D eigenvalue weighted by molar-refractivity contribution is 6.31. The lowest BCUT2D eigenvalue weighted by atomic mass is 10.0. The number of hydrogen-bond acceptors (Lipinski definition) is 2. The normalized spacial score (nSPS) is 15.8. The Kier molecular flexibility index (Phi) is 3.33. The van der Waals surface area contributed by atoms with Crippen LogP contribution in [-0.2, 0) is 6.54 Å². The van der Waals surface area contributed by atoms with Crippen molar-refractivity contribution >= 4 is 11.6 Å². The molecule has 0 saturated heterocycles.